The number of anilines is 2. The summed E-state index contributed by atoms with van der Waals surface area (Å²) in [7, 11) is 0. The number of nitrogens with two attached hydrogens (primary N) is 1. The van der Waals surface area contributed by atoms with Crippen LogP contribution in [0.15, 0.2) is 34.7 Å². The second-order valence-electron chi connectivity index (χ2n) is 4.36. The number of nitrogen functional groups attached to an aromatic ring is 1. The van der Waals surface area contributed by atoms with Gasteiger partial charge in [0.05, 0.1) is 6.04 Å². The SMILES string of the molecule is Cc1cc(C(C)Nc2ccc(N)cc2)c(C)o1. The van der Waals surface area contributed by atoms with Crippen LogP contribution >= 0.6 is 0 Å². The van der Waals surface area contributed by atoms with Crippen LogP contribution in [0, 0.1) is 13.8 Å². The van der Waals surface area contributed by atoms with E-state index < -0.39 is 0 Å². The third kappa shape index (κ3) is 2.61. The summed E-state index contributed by atoms with van der Waals surface area (Å²) in [5.74, 6) is 1.92. The number of hydrogen-bond donors (Lipinski definition) is 2. The van der Waals surface area contributed by atoms with Gasteiger partial charge in [0.15, 0.2) is 0 Å². The van der Waals surface area contributed by atoms with Crippen molar-refractivity contribution in [3.8, 4) is 0 Å². The summed E-state index contributed by atoms with van der Waals surface area (Å²) in [6.07, 6.45) is 0. The van der Waals surface area contributed by atoms with Gasteiger partial charge in [0, 0.05) is 16.9 Å². The van der Waals surface area contributed by atoms with Crippen LogP contribution < -0.4 is 11.1 Å². The minimum absolute atomic E-state index is 0.219. The van der Waals surface area contributed by atoms with Gasteiger partial charge in [0.1, 0.15) is 11.5 Å². The summed E-state index contributed by atoms with van der Waals surface area (Å²) in [6, 6.07) is 10.0. The summed E-state index contributed by atoms with van der Waals surface area (Å²) >= 11 is 0. The summed E-state index contributed by atoms with van der Waals surface area (Å²) in [4.78, 5) is 0. The van der Waals surface area contributed by atoms with Crippen LogP contribution in [-0.2, 0) is 0 Å². The molecule has 2 rings (SSSR count). The molecule has 0 spiro atoms. The van der Waals surface area contributed by atoms with Gasteiger partial charge in [-0.3, -0.25) is 0 Å². The van der Waals surface area contributed by atoms with Crippen LogP contribution in [0.25, 0.3) is 0 Å². The second-order valence-corrected chi connectivity index (χ2v) is 4.36. The zero-order valence-electron chi connectivity index (χ0n) is 10.4. The van der Waals surface area contributed by atoms with Gasteiger partial charge in [0.2, 0.25) is 0 Å². The lowest BCUT2D eigenvalue weighted by Gasteiger charge is -2.14. The molecule has 0 saturated heterocycles. The van der Waals surface area contributed by atoms with E-state index in [2.05, 4.69) is 18.3 Å². The lowest BCUT2D eigenvalue weighted by molar-refractivity contribution is 0.500. The maximum Gasteiger partial charge on any atom is 0.106 e. The molecule has 1 heterocycles. The van der Waals surface area contributed by atoms with Crippen molar-refractivity contribution < 1.29 is 4.42 Å². The molecular formula is C14H18N2O. The first-order valence-electron chi connectivity index (χ1n) is 5.75. The Morgan fingerprint density at radius 1 is 1.18 bits per heavy atom. The molecule has 0 radical (unpaired) electrons. The van der Waals surface area contributed by atoms with Crippen molar-refractivity contribution in [2.75, 3.05) is 11.1 Å². The Morgan fingerprint density at radius 2 is 1.82 bits per heavy atom. The zero-order chi connectivity index (χ0) is 12.4. The average molecular weight is 230 g/mol. The van der Waals surface area contributed by atoms with Gasteiger partial charge in [-0.2, -0.15) is 0 Å². The first-order chi connectivity index (χ1) is 8.06. The Bertz CT molecular complexity index is 499. The third-order valence-corrected chi connectivity index (χ3v) is 2.84. The third-order valence-electron chi connectivity index (χ3n) is 2.84. The topological polar surface area (TPSA) is 51.2 Å². The molecule has 3 heteroatoms. The van der Waals surface area contributed by atoms with Crippen molar-refractivity contribution in [3.63, 3.8) is 0 Å². The Kier molecular flexibility index (Phi) is 3.09. The van der Waals surface area contributed by atoms with E-state index in [1.54, 1.807) is 0 Å². The fourth-order valence-corrected chi connectivity index (χ4v) is 1.99. The van der Waals surface area contributed by atoms with E-state index in [0.717, 1.165) is 22.9 Å². The molecule has 1 aromatic heterocycles. The average Bonchev–Trinajstić information content (AvgIpc) is 2.61. The van der Waals surface area contributed by atoms with Crippen molar-refractivity contribution >= 4 is 11.4 Å². The lowest BCUT2D eigenvalue weighted by Crippen LogP contribution is -2.06. The van der Waals surface area contributed by atoms with Crippen LogP contribution in [0.2, 0.25) is 0 Å². The minimum Gasteiger partial charge on any atom is -0.466 e. The van der Waals surface area contributed by atoms with Crippen molar-refractivity contribution in [2.45, 2.75) is 26.8 Å². The molecule has 0 saturated carbocycles. The maximum atomic E-state index is 5.65. The Morgan fingerprint density at radius 3 is 2.35 bits per heavy atom. The quantitative estimate of drug-likeness (QED) is 0.791. The molecule has 3 N–H and O–H groups in total. The summed E-state index contributed by atoms with van der Waals surface area (Å²) in [6.45, 7) is 6.07. The van der Waals surface area contributed by atoms with Crippen molar-refractivity contribution in [3.05, 3.63) is 47.4 Å². The molecule has 17 heavy (non-hydrogen) atoms. The molecule has 1 atom stereocenters. The van der Waals surface area contributed by atoms with Crippen LogP contribution in [0.4, 0.5) is 11.4 Å². The molecule has 2 aromatic rings. The minimum atomic E-state index is 0.219. The highest BCUT2D eigenvalue weighted by Crippen LogP contribution is 2.25. The van der Waals surface area contributed by atoms with Crippen LogP contribution in [0.5, 0.6) is 0 Å². The van der Waals surface area contributed by atoms with Gasteiger partial charge in [-0.1, -0.05) is 0 Å². The highest BCUT2D eigenvalue weighted by atomic mass is 16.3. The van der Waals surface area contributed by atoms with E-state index in [1.165, 1.54) is 5.56 Å². The molecule has 90 valence electrons. The number of rotatable bonds is 3. The Hall–Kier alpha value is -1.90. The van der Waals surface area contributed by atoms with E-state index in [4.69, 9.17) is 10.2 Å². The molecule has 0 aliphatic rings. The number of benzene rings is 1. The summed E-state index contributed by atoms with van der Waals surface area (Å²) in [5.41, 5.74) is 8.68. The first-order valence-corrected chi connectivity index (χ1v) is 5.75. The Balaban J connectivity index is 2.14. The maximum absolute atomic E-state index is 5.65. The van der Waals surface area contributed by atoms with Crippen LogP contribution in [-0.4, -0.2) is 0 Å². The Labute approximate surface area is 102 Å². The predicted octanol–water partition coefficient (Wildman–Crippen LogP) is 3.65. The van der Waals surface area contributed by atoms with Gasteiger partial charge >= 0.3 is 0 Å². The lowest BCUT2D eigenvalue weighted by atomic mass is 10.1. The fourth-order valence-electron chi connectivity index (χ4n) is 1.99. The fraction of sp³-hybridized carbons (Fsp3) is 0.286. The number of nitrogens with one attached hydrogen (secondary N) is 1. The standard InChI is InChI=1S/C14H18N2O/c1-9-8-14(11(3)17-9)10(2)16-13-6-4-12(15)5-7-13/h4-8,10,16H,15H2,1-3H3. The normalized spacial score (nSPS) is 12.4. The van der Waals surface area contributed by atoms with Gasteiger partial charge in [-0.25, -0.2) is 0 Å². The monoisotopic (exact) mass is 230 g/mol. The largest absolute Gasteiger partial charge is 0.466 e. The van der Waals surface area contributed by atoms with E-state index in [0.29, 0.717) is 0 Å². The van der Waals surface area contributed by atoms with Gasteiger partial charge in [-0.05, 0) is 51.1 Å². The van der Waals surface area contributed by atoms with E-state index in [-0.39, 0.29) is 6.04 Å². The molecule has 0 amide bonds. The smallest absolute Gasteiger partial charge is 0.106 e. The molecule has 3 nitrogen and oxygen atoms in total. The predicted molar refractivity (Wildman–Crippen MR) is 71.1 cm³/mol. The molecule has 0 aliphatic heterocycles. The van der Waals surface area contributed by atoms with Crippen molar-refractivity contribution in [1.29, 1.82) is 0 Å². The second kappa shape index (κ2) is 4.53. The zero-order valence-corrected chi connectivity index (χ0v) is 10.4. The molecule has 1 unspecified atom stereocenters. The molecular weight excluding hydrogens is 212 g/mol. The summed E-state index contributed by atoms with van der Waals surface area (Å²) in [5, 5.41) is 3.42. The van der Waals surface area contributed by atoms with E-state index in [1.807, 2.05) is 38.1 Å². The van der Waals surface area contributed by atoms with Gasteiger partial charge in [-0.15, -0.1) is 0 Å². The van der Waals surface area contributed by atoms with Crippen molar-refractivity contribution in [2.24, 2.45) is 0 Å². The molecule has 0 aliphatic carbocycles. The number of furan rings is 1. The van der Waals surface area contributed by atoms with Crippen LogP contribution in [0.3, 0.4) is 0 Å². The summed E-state index contributed by atoms with van der Waals surface area (Å²) < 4.78 is 5.53. The van der Waals surface area contributed by atoms with E-state index in [9.17, 15) is 0 Å². The number of aryl methyl sites for hydroxylation is 2. The highest BCUT2D eigenvalue weighted by Gasteiger charge is 2.12. The molecule has 0 bridgehead atoms. The van der Waals surface area contributed by atoms with Gasteiger partial charge in [0.25, 0.3) is 0 Å². The first kappa shape index (κ1) is 11.6. The van der Waals surface area contributed by atoms with Crippen LogP contribution in [0.1, 0.15) is 30.0 Å². The van der Waals surface area contributed by atoms with Gasteiger partial charge < -0.3 is 15.5 Å². The molecule has 0 fully saturated rings. The molecule has 1 aromatic carbocycles. The van der Waals surface area contributed by atoms with Crippen molar-refractivity contribution in [1.82, 2.24) is 0 Å². The number of hydrogen-bond acceptors (Lipinski definition) is 3. The van der Waals surface area contributed by atoms with E-state index >= 15 is 0 Å². The highest BCUT2D eigenvalue weighted by molar-refractivity contribution is 5.52.